The normalized spacial score (nSPS) is 23.6. The average Bonchev–Trinajstić information content (AvgIpc) is 3.42. The summed E-state index contributed by atoms with van der Waals surface area (Å²) in [7, 11) is 3.42. The van der Waals surface area contributed by atoms with Crippen LogP contribution in [-0.4, -0.2) is 74.6 Å². The van der Waals surface area contributed by atoms with Gasteiger partial charge in [0.05, 0.1) is 16.1 Å². The molecule has 250 valence electrons. The minimum Gasteiger partial charge on any atom is -0.508 e. The van der Waals surface area contributed by atoms with Crippen molar-refractivity contribution in [3.63, 3.8) is 0 Å². The van der Waals surface area contributed by atoms with Crippen molar-refractivity contribution in [2.24, 2.45) is 11.8 Å². The highest BCUT2D eigenvalue weighted by atomic mass is 79.9. The maximum Gasteiger partial charge on any atom is 0.263 e. The molecule has 0 saturated heterocycles. The molecule has 47 heavy (non-hydrogen) atoms. The van der Waals surface area contributed by atoms with Gasteiger partial charge < -0.3 is 24.6 Å². The molecule has 3 aliphatic rings. The van der Waals surface area contributed by atoms with E-state index in [-0.39, 0.29) is 53.2 Å². The number of ether oxygens (including phenoxy) is 1. The number of carbonyl (C=O) groups excluding carboxylic acids is 2. The van der Waals surface area contributed by atoms with Crippen LogP contribution < -0.4 is 4.74 Å². The molecule has 12 heteroatoms. The fourth-order valence-electron chi connectivity index (χ4n) is 7.67. The van der Waals surface area contributed by atoms with Crippen molar-refractivity contribution in [2.75, 3.05) is 27.2 Å². The number of Topliss-reactive ketones (excluding diaryl/α,β-unsaturated/α-hetero) is 2. The number of aromatic hydroxyl groups is 1. The maximum absolute atomic E-state index is 16.8. The minimum absolute atomic E-state index is 0.0330. The lowest BCUT2D eigenvalue weighted by atomic mass is 9.58. The van der Waals surface area contributed by atoms with Crippen molar-refractivity contribution >= 4 is 27.5 Å². The predicted octanol–water partition coefficient (Wildman–Crippen LogP) is 5.90. The molecule has 1 heterocycles. The molecule has 4 atom stereocenters. The molecule has 0 fully saturated rings. The zero-order chi connectivity index (χ0) is 33.8. The fourth-order valence-corrected chi connectivity index (χ4v) is 8.28. The first-order valence-electron chi connectivity index (χ1n) is 16.0. The summed E-state index contributed by atoms with van der Waals surface area (Å²) in [4.78, 5) is 32.2. The summed E-state index contributed by atoms with van der Waals surface area (Å²) >= 11 is 3.59. The molecule has 0 spiro atoms. The zero-order valence-corrected chi connectivity index (χ0v) is 28.4. The van der Waals surface area contributed by atoms with Crippen LogP contribution in [0.2, 0.25) is 0 Å². The number of allylic oxidation sites excluding steroid dienone is 1. The van der Waals surface area contributed by atoms with E-state index in [1.165, 1.54) is 0 Å². The first kappa shape index (κ1) is 33.3. The van der Waals surface area contributed by atoms with E-state index in [1.54, 1.807) is 19.0 Å². The van der Waals surface area contributed by atoms with Gasteiger partial charge in [-0.15, -0.1) is 0 Å². The van der Waals surface area contributed by atoms with Crippen LogP contribution in [0.5, 0.6) is 11.6 Å². The summed E-state index contributed by atoms with van der Waals surface area (Å²) in [5.41, 5.74) is -1.71. The van der Waals surface area contributed by atoms with E-state index < -0.39 is 52.5 Å². The molecule has 0 amide bonds. The Hall–Kier alpha value is -3.58. The molecule has 3 N–H and O–H groups in total. The number of carbonyl (C=O) groups is 2. The molecule has 3 aromatic rings. The smallest absolute Gasteiger partial charge is 0.263 e. The van der Waals surface area contributed by atoms with Crippen LogP contribution >= 0.6 is 15.9 Å². The maximum atomic E-state index is 16.8. The van der Waals surface area contributed by atoms with Gasteiger partial charge in [-0.3, -0.25) is 19.4 Å². The van der Waals surface area contributed by atoms with E-state index in [4.69, 9.17) is 9.26 Å². The van der Waals surface area contributed by atoms with Gasteiger partial charge in [-0.05, 0) is 85.4 Å². The Morgan fingerprint density at radius 1 is 1.11 bits per heavy atom. The monoisotopic (exact) mass is 711 g/mol. The van der Waals surface area contributed by atoms with Gasteiger partial charge in [0.2, 0.25) is 5.78 Å². The van der Waals surface area contributed by atoms with Crippen molar-refractivity contribution in [2.45, 2.75) is 64.3 Å². The number of halogens is 2. The second-order valence-corrected chi connectivity index (χ2v) is 13.7. The van der Waals surface area contributed by atoms with Crippen LogP contribution in [0.25, 0.3) is 0 Å². The third-order valence-electron chi connectivity index (χ3n) is 9.71. The molecule has 1 aromatic heterocycles. The summed E-state index contributed by atoms with van der Waals surface area (Å²) in [6.07, 6.45) is 1.86. The number of hydrogen-bond acceptors (Lipinski definition) is 10. The van der Waals surface area contributed by atoms with Crippen LogP contribution in [0, 0.1) is 17.7 Å². The lowest BCUT2D eigenvalue weighted by molar-refractivity contribution is -0.0559. The van der Waals surface area contributed by atoms with Crippen molar-refractivity contribution in [3.05, 3.63) is 85.5 Å². The van der Waals surface area contributed by atoms with Gasteiger partial charge in [0, 0.05) is 29.2 Å². The summed E-state index contributed by atoms with van der Waals surface area (Å²) < 4.78 is 28.8. The SMILES string of the molecule is CCCN(CCC)Cc1c(F)c2c(c(OCc3ccccc3)c1Br)C(=O)C1=C(O)[C@]3(O)C(=O)c4c(O)noc4[C@@H](N(C)C)[C@@H]3C[C@@H]1C2. The number of nitrogens with zero attached hydrogens (tertiary/aromatic N) is 3. The highest BCUT2D eigenvalue weighted by Crippen LogP contribution is 2.57. The second kappa shape index (κ2) is 12.8. The van der Waals surface area contributed by atoms with E-state index in [0.29, 0.717) is 16.6 Å². The number of benzene rings is 2. The zero-order valence-electron chi connectivity index (χ0n) is 26.8. The quantitative estimate of drug-likeness (QED) is 0.233. The summed E-state index contributed by atoms with van der Waals surface area (Å²) in [5, 5.41) is 37.8. The van der Waals surface area contributed by atoms with Crippen LogP contribution in [0.1, 0.15) is 82.3 Å². The number of ketones is 2. The molecular formula is C35H39BrFN3O7. The Morgan fingerprint density at radius 2 is 1.79 bits per heavy atom. The molecule has 0 radical (unpaired) electrons. The molecule has 0 aliphatic heterocycles. The Bertz CT molecular complexity index is 1750. The van der Waals surface area contributed by atoms with Crippen molar-refractivity contribution in [1.29, 1.82) is 0 Å². The Labute approximate surface area is 280 Å². The minimum atomic E-state index is -2.55. The van der Waals surface area contributed by atoms with Crippen LogP contribution in [0.3, 0.4) is 0 Å². The first-order valence-corrected chi connectivity index (χ1v) is 16.8. The molecule has 10 nitrogen and oxygen atoms in total. The fraction of sp³-hybridized carbons (Fsp3) is 0.457. The molecule has 3 aliphatic carbocycles. The van der Waals surface area contributed by atoms with Crippen molar-refractivity contribution < 1.29 is 38.6 Å². The summed E-state index contributed by atoms with van der Waals surface area (Å²) in [6.45, 7) is 6.05. The van der Waals surface area contributed by atoms with Crippen LogP contribution in [0.15, 0.2) is 50.7 Å². The third-order valence-corrected chi connectivity index (χ3v) is 10.6. The van der Waals surface area contributed by atoms with Crippen LogP contribution in [0.4, 0.5) is 4.39 Å². The van der Waals surface area contributed by atoms with Gasteiger partial charge in [0.15, 0.2) is 17.1 Å². The lowest BCUT2D eigenvalue weighted by Crippen LogP contribution is -2.59. The van der Waals surface area contributed by atoms with Gasteiger partial charge in [-0.25, -0.2) is 4.39 Å². The second-order valence-electron chi connectivity index (χ2n) is 12.9. The standard InChI is InChI=1S/C35H39BrFN3O7/c1-5-12-40(13-6-2)16-21-26(36)30(46-17-18-10-8-7-9-11-18)24-20(27(21)37)14-19-15-22-28(39(3)4)31-25(34(44)38-47-31)33(43)35(22,45)32(42)23(19)29(24)41/h7-11,19,22,28,42,45H,5-6,12-17H2,1-4H3,(H,38,44)/t19-,22-,28-,35-/m0/s1. The van der Waals surface area contributed by atoms with Gasteiger partial charge in [0.25, 0.3) is 5.88 Å². The average molecular weight is 713 g/mol. The van der Waals surface area contributed by atoms with Gasteiger partial charge in [-0.2, -0.15) is 0 Å². The van der Waals surface area contributed by atoms with Crippen LogP contribution in [-0.2, 0) is 19.6 Å². The molecule has 6 rings (SSSR count). The molecule has 0 bridgehead atoms. The van der Waals surface area contributed by atoms with E-state index in [9.17, 15) is 24.9 Å². The number of aliphatic hydroxyl groups excluding tert-OH is 1. The number of hydrogen-bond donors (Lipinski definition) is 3. The van der Waals surface area contributed by atoms with Crippen molar-refractivity contribution in [1.82, 2.24) is 15.0 Å². The summed E-state index contributed by atoms with van der Waals surface area (Å²) in [5.74, 6) is -5.25. The van der Waals surface area contributed by atoms with Gasteiger partial charge in [0.1, 0.15) is 29.5 Å². The third kappa shape index (κ3) is 5.29. The Kier molecular flexibility index (Phi) is 9.07. The highest BCUT2D eigenvalue weighted by molar-refractivity contribution is 9.10. The Morgan fingerprint density at radius 3 is 2.43 bits per heavy atom. The number of aromatic nitrogens is 1. The van der Waals surface area contributed by atoms with Gasteiger partial charge >= 0.3 is 0 Å². The molecular weight excluding hydrogens is 673 g/mol. The first-order chi connectivity index (χ1) is 22.4. The highest BCUT2D eigenvalue weighted by Gasteiger charge is 2.64. The molecule has 0 saturated carbocycles. The number of fused-ring (bicyclic) bond motifs is 4. The number of rotatable bonds is 10. The lowest BCUT2D eigenvalue weighted by Gasteiger charge is -2.49. The molecule has 2 aromatic carbocycles. The van der Waals surface area contributed by atoms with E-state index in [2.05, 4.69) is 39.8 Å². The topological polar surface area (TPSA) is 137 Å². The molecule has 0 unspecified atom stereocenters. The van der Waals surface area contributed by atoms with Gasteiger partial charge in [-0.1, -0.05) is 44.2 Å². The van der Waals surface area contributed by atoms with E-state index in [0.717, 1.165) is 31.5 Å². The number of aliphatic hydroxyl groups is 2. The largest absolute Gasteiger partial charge is 0.508 e. The van der Waals surface area contributed by atoms with E-state index >= 15 is 4.39 Å². The van der Waals surface area contributed by atoms with Crippen molar-refractivity contribution in [3.8, 4) is 11.6 Å². The Balaban J connectivity index is 1.52. The summed E-state index contributed by atoms with van der Waals surface area (Å²) in [6, 6.07) is 8.58. The van der Waals surface area contributed by atoms with E-state index in [1.807, 2.05) is 30.3 Å². The predicted molar refractivity (Wildman–Crippen MR) is 174 cm³/mol.